The molecule has 144 valence electrons. The van der Waals surface area contributed by atoms with Crippen molar-refractivity contribution >= 4 is 16.9 Å². The maximum absolute atomic E-state index is 12.9. The van der Waals surface area contributed by atoms with Crippen LogP contribution in [0.4, 0.5) is 0 Å². The van der Waals surface area contributed by atoms with Gasteiger partial charge in [0, 0.05) is 49.7 Å². The third-order valence-electron chi connectivity index (χ3n) is 4.84. The average molecular weight is 371 g/mol. The zero-order valence-electron chi connectivity index (χ0n) is 15.6. The highest BCUT2D eigenvalue weighted by atomic mass is 16.5. The topological polar surface area (TPSA) is 78.9 Å². The Bertz CT molecular complexity index is 805. The zero-order chi connectivity index (χ0) is 19.1. The molecule has 1 aliphatic rings. The largest absolute Gasteiger partial charge is 0.497 e. The van der Waals surface area contributed by atoms with Crippen LogP contribution in [-0.4, -0.2) is 68.8 Å². The molecule has 1 saturated heterocycles. The fourth-order valence-corrected chi connectivity index (χ4v) is 3.24. The van der Waals surface area contributed by atoms with Crippen molar-refractivity contribution in [3.63, 3.8) is 0 Å². The highest BCUT2D eigenvalue weighted by Gasteiger charge is 2.19. The first kappa shape index (κ1) is 19.2. The first-order chi connectivity index (χ1) is 13.2. The molecule has 1 fully saturated rings. The third kappa shape index (κ3) is 5.00. The molecule has 0 unspecified atom stereocenters. The van der Waals surface area contributed by atoms with Crippen molar-refractivity contribution in [3.8, 4) is 11.8 Å². The summed E-state index contributed by atoms with van der Waals surface area (Å²) in [5.41, 5.74) is 1.56. The number of nitriles is 1. The lowest BCUT2D eigenvalue weighted by Crippen LogP contribution is -2.43. The number of ether oxygens (including phenoxy) is 2. The van der Waals surface area contributed by atoms with Crippen LogP contribution in [0.25, 0.3) is 11.0 Å². The van der Waals surface area contributed by atoms with Crippen molar-refractivity contribution < 1.29 is 18.7 Å². The quantitative estimate of drug-likeness (QED) is 0.707. The first-order valence-electron chi connectivity index (χ1n) is 9.20. The van der Waals surface area contributed by atoms with Crippen LogP contribution in [0.3, 0.4) is 0 Å². The van der Waals surface area contributed by atoms with E-state index in [0.29, 0.717) is 25.1 Å². The molecule has 1 aromatic carbocycles. The predicted octanol–water partition coefficient (Wildman–Crippen LogP) is 2.06. The maximum Gasteiger partial charge on any atom is 0.227 e. The minimum Gasteiger partial charge on any atom is -0.497 e. The number of hydrogen-bond donors (Lipinski definition) is 0. The van der Waals surface area contributed by atoms with E-state index in [1.165, 1.54) is 0 Å². The minimum atomic E-state index is 0.0111. The molecule has 1 aliphatic heterocycles. The molecule has 0 atom stereocenters. The van der Waals surface area contributed by atoms with Crippen LogP contribution in [0.15, 0.2) is 28.9 Å². The number of nitrogens with zero attached hydrogens (tertiary/aromatic N) is 3. The lowest BCUT2D eigenvalue weighted by Gasteiger charge is -2.29. The van der Waals surface area contributed by atoms with Crippen LogP contribution < -0.4 is 4.74 Å². The van der Waals surface area contributed by atoms with Gasteiger partial charge in [-0.15, -0.1) is 0 Å². The summed E-state index contributed by atoms with van der Waals surface area (Å²) in [6.07, 6.45) is 2.22. The van der Waals surface area contributed by atoms with E-state index >= 15 is 0 Å². The summed E-state index contributed by atoms with van der Waals surface area (Å²) in [5, 5.41) is 9.83. The highest BCUT2D eigenvalue weighted by molar-refractivity contribution is 5.88. The van der Waals surface area contributed by atoms with Crippen molar-refractivity contribution in [2.45, 2.75) is 12.8 Å². The van der Waals surface area contributed by atoms with E-state index in [-0.39, 0.29) is 12.3 Å². The van der Waals surface area contributed by atoms with Gasteiger partial charge < -0.3 is 18.8 Å². The van der Waals surface area contributed by atoms with E-state index in [4.69, 9.17) is 19.2 Å². The van der Waals surface area contributed by atoms with E-state index in [0.717, 1.165) is 49.5 Å². The van der Waals surface area contributed by atoms with Gasteiger partial charge in [0.1, 0.15) is 11.3 Å². The number of furan rings is 1. The summed E-state index contributed by atoms with van der Waals surface area (Å²) in [5.74, 6) is 0.730. The molecule has 0 saturated carbocycles. The van der Waals surface area contributed by atoms with Gasteiger partial charge in [0.25, 0.3) is 0 Å². The Morgan fingerprint density at radius 2 is 2.15 bits per heavy atom. The lowest BCUT2D eigenvalue weighted by molar-refractivity contribution is -0.130. The van der Waals surface area contributed by atoms with Crippen LogP contribution in [0, 0.1) is 11.3 Å². The van der Waals surface area contributed by atoms with Crippen LogP contribution >= 0.6 is 0 Å². The number of fused-ring (bicyclic) bond motifs is 1. The Morgan fingerprint density at radius 1 is 1.33 bits per heavy atom. The summed E-state index contributed by atoms with van der Waals surface area (Å²) in [7, 11) is 1.61. The van der Waals surface area contributed by atoms with Gasteiger partial charge in [0.15, 0.2) is 0 Å². The monoisotopic (exact) mass is 371 g/mol. The number of carbonyl (C=O) groups is 1. The number of hydrogen-bond acceptors (Lipinski definition) is 6. The normalized spacial score (nSPS) is 14.8. The summed E-state index contributed by atoms with van der Waals surface area (Å²) in [6, 6.07) is 7.72. The molecule has 2 heterocycles. The van der Waals surface area contributed by atoms with Crippen LogP contribution in [-0.2, 0) is 16.0 Å². The molecule has 1 aromatic heterocycles. The van der Waals surface area contributed by atoms with Crippen molar-refractivity contribution in [1.82, 2.24) is 9.80 Å². The van der Waals surface area contributed by atoms with E-state index in [2.05, 4.69) is 11.0 Å². The number of carbonyl (C=O) groups excluding carboxylic acids is 1. The molecule has 0 spiro atoms. The summed E-state index contributed by atoms with van der Waals surface area (Å²) >= 11 is 0. The van der Waals surface area contributed by atoms with E-state index in [9.17, 15) is 4.79 Å². The molecule has 0 radical (unpaired) electrons. The van der Waals surface area contributed by atoms with Crippen LogP contribution in [0.5, 0.6) is 5.75 Å². The Kier molecular flexibility index (Phi) is 6.69. The molecule has 3 rings (SSSR count). The van der Waals surface area contributed by atoms with Gasteiger partial charge in [-0.2, -0.15) is 5.26 Å². The van der Waals surface area contributed by atoms with Gasteiger partial charge in [-0.1, -0.05) is 0 Å². The van der Waals surface area contributed by atoms with Gasteiger partial charge >= 0.3 is 0 Å². The molecule has 7 nitrogen and oxygen atoms in total. The maximum atomic E-state index is 12.9. The molecule has 0 N–H and O–H groups in total. The standard InChI is InChI=1S/C20H25N3O4/c1-25-17-3-4-18-16(15-27-19(18)14-17)13-20(24)23(6-2-5-21)8-7-22-9-11-26-12-10-22/h3-4,14-15H,2,6-13H2,1H3. The number of methoxy groups -OCH3 is 1. The van der Waals surface area contributed by atoms with Gasteiger partial charge in [-0.05, 0) is 12.1 Å². The van der Waals surface area contributed by atoms with Crippen LogP contribution in [0.2, 0.25) is 0 Å². The number of rotatable bonds is 8. The molecule has 1 amide bonds. The van der Waals surface area contributed by atoms with Gasteiger partial charge in [0.05, 0.1) is 45.5 Å². The second-order valence-electron chi connectivity index (χ2n) is 6.54. The molecule has 0 aliphatic carbocycles. The molecular formula is C20H25N3O4. The smallest absolute Gasteiger partial charge is 0.227 e. The Morgan fingerprint density at radius 3 is 2.89 bits per heavy atom. The van der Waals surface area contributed by atoms with Gasteiger partial charge in [-0.25, -0.2) is 0 Å². The first-order valence-corrected chi connectivity index (χ1v) is 9.20. The third-order valence-corrected chi connectivity index (χ3v) is 4.84. The summed E-state index contributed by atoms with van der Waals surface area (Å²) in [6.45, 7) is 5.09. The molecular weight excluding hydrogens is 346 g/mol. The predicted molar refractivity (Wildman–Crippen MR) is 101 cm³/mol. The Hall–Kier alpha value is -2.56. The second kappa shape index (κ2) is 9.40. The van der Waals surface area contributed by atoms with E-state index < -0.39 is 0 Å². The van der Waals surface area contributed by atoms with Gasteiger partial charge in [0.2, 0.25) is 5.91 Å². The fraction of sp³-hybridized carbons (Fsp3) is 0.500. The molecule has 2 aromatic rings. The highest BCUT2D eigenvalue weighted by Crippen LogP contribution is 2.26. The molecule has 0 bridgehead atoms. The van der Waals surface area contributed by atoms with Crippen molar-refractivity contribution in [2.75, 3.05) is 53.0 Å². The van der Waals surface area contributed by atoms with Crippen molar-refractivity contribution in [2.24, 2.45) is 0 Å². The Balaban J connectivity index is 1.65. The Labute approximate surface area is 159 Å². The number of morpholine rings is 1. The average Bonchev–Trinajstić information content (AvgIpc) is 3.10. The lowest BCUT2D eigenvalue weighted by atomic mass is 10.1. The zero-order valence-corrected chi connectivity index (χ0v) is 15.6. The molecule has 27 heavy (non-hydrogen) atoms. The van der Waals surface area contributed by atoms with Crippen molar-refractivity contribution in [1.29, 1.82) is 5.26 Å². The van der Waals surface area contributed by atoms with E-state index in [1.54, 1.807) is 18.3 Å². The fourth-order valence-electron chi connectivity index (χ4n) is 3.24. The number of amides is 1. The number of benzene rings is 1. The SMILES string of the molecule is COc1ccc2c(CC(=O)N(CCC#N)CCN3CCOCC3)coc2c1. The van der Waals surface area contributed by atoms with Gasteiger partial charge in [-0.3, -0.25) is 9.69 Å². The van der Waals surface area contributed by atoms with Crippen LogP contribution in [0.1, 0.15) is 12.0 Å². The second-order valence-corrected chi connectivity index (χ2v) is 6.54. The summed E-state index contributed by atoms with van der Waals surface area (Å²) in [4.78, 5) is 16.9. The summed E-state index contributed by atoms with van der Waals surface area (Å²) < 4.78 is 16.2. The minimum absolute atomic E-state index is 0.0111. The van der Waals surface area contributed by atoms with E-state index in [1.807, 2.05) is 18.2 Å². The molecule has 7 heteroatoms. The van der Waals surface area contributed by atoms with Crippen molar-refractivity contribution in [3.05, 3.63) is 30.0 Å².